The van der Waals surface area contributed by atoms with Crippen LogP contribution in [-0.2, 0) is 22.4 Å². The molecular weight excluding hydrogens is 463 g/mol. The number of nitrogens with zero attached hydrogens (tertiary/aromatic N) is 3. The van der Waals surface area contributed by atoms with Gasteiger partial charge < -0.3 is 5.32 Å². The Kier molecular flexibility index (Phi) is 8.05. The first-order valence-electron chi connectivity index (χ1n) is 11.2. The van der Waals surface area contributed by atoms with Crippen LogP contribution in [0.25, 0.3) is 5.69 Å². The van der Waals surface area contributed by atoms with Crippen LogP contribution < -0.4 is 5.32 Å². The van der Waals surface area contributed by atoms with E-state index in [1.54, 1.807) is 12.1 Å². The van der Waals surface area contributed by atoms with Gasteiger partial charge in [-0.3, -0.25) is 14.2 Å². The second-order valence-electron chi connectivity index (χ2n) is 8.08. The number of carbonyl (C=O) groups excluding carboxylic acids is 2. The number of ketones is 1. The standard InChI is InChI=1S/C27H25FN4O2S/c1-19(33)24(16-20-8-4-2-5-9-20)29-26(34)18-35-27-31-30-25(17-21-10-6-3-7-11-21)32(27)23-14-12-22(28)13-15-23/h2-15,24H,16-18H2,1H3,(H,29,34)/t24-/m0/s1. The van der Waals surface area contributed by atoms with E-state index in [2.05, 4.69) is 15.5 Å². The highest BCUT2D eigenvalue weighted by molar-refractivity contribution is 7.99. The van der Waals surface area contributed by atoms with E-state index in [4.69, 9.17) is 0 Å². The summed E-state index contributed by atoms with van der Waals surface area (Å²) in [4.78, 5) is 24.8. The van der Waals surface area contributed by atoms with Crippen LogP contribution in [-0.4, -0.2) is 38.2 Å². The van der Waals surface area contributed by atoms with Gasteiger partial charge in [-0.1, -0.05) is 72.4 Å². The van der Waals surface area contributed by atoms with Crippen molar-refractivity contribution in [1.82, 2.24) is 20.1 Å². The topological polar surface area (TPSA) is 76.9 Å². The summed E-state index contributed by atoms with van der Waals surface area (Å²) in [5, 5.41) is 12.0. The molecule has 4 rings (SSSR count). The highest BCUT2D eigenvalue weighted by Gasteiger charge is 2.20. The predicted molar refractivity (Wildman–Crippen MR) is 134 cm³/mol. The fourth-order valence-electron chi connectivity index (χ4n) is 3.65. The van der Waals surface area contributed by atoms with Gasteiger partial charge in [0, 0.05) is 12.1 Å². The number of carbonyl (C=O) groups is 2. The van der Waals surface area contributed by atoms with Crippen molar-refractivity contribution in [2.45, 2.75) is 31.0 Å². The Morgan fingerprint density at radius 2 is 1.54 bits per heavy atom. The average Bonchev–Trinajstić information content (AvgIpc) is 3.26. The van der Waals surface area contributed by atoms with E-state index < -0.39 is 6.04 Å². The lowest BCUT2D eigenvalue weighted by Crippen LogP contribution is -2.42. The number of benzene rings is 3. The second kappa shape index (κ2) is 11.6. The SMILES string of the molecule is CC(=O)[C@H](Cc1ccccc1)NC(=O)CSc1nnc(Cc2ccccc2)n1-c1ccc(F)cc1. The van der Waals surface area contributed by atoms with Gasteiger partial charge in [-0.25, -0.2) is 4.39 Å². The maximum absolute atomic E-state index is 13.5. The number of aromatic nitrogens is 3. The fraction of sp³-hybridized carbons (Fsp3) is 0.185. The summed E-state index contributed by atoms with van der Waals surface area (Å²) >= 11 is 1.22. The van der Waals surface area contributed by atoms with Crippen LogP contribution in [0, 0.1) is 5.82 Å². The van der Waals surface area contributed by atoms with Crippen molar-refractivity contribution >= 4 is 23.5 Å². The number of thioether (sulfide) groups is 1. The smallest absolute Gasteiger partial charge is 0.231 e. The first-order chi connectivity index (χ1) is 17.0. The minimum atomic E-state index is -0.603. The molecule has 4 aromatic rings. The molecule has 0 fully saturated rings. The van der Waals surface area contributed by atoms with Gasteiger partial charge in [-0.05, 0) is 48.7 Å². The van der Waals surface area contributed by atoms with E-state index in [0.717, 1.165) is 11.1 Å². The quantitative estimate of drug-likeness (QED) is 0.335. The summed E-state index contributed by atoms with van der Waals surface area (Å²) in [7, 11) is 0. The summed E-state index contributed by atoms with van der Waals surface area (Å²) in [6.07, 6.45) is 0.959. The minimum absolute atomic E-state index is 0.0588. The molecule has 0 spiro atoms. The lowest BCUT2D eigenvalue weighted by atomic mass is 10.0. The molecule has 1 N–H and O–H groups in total. The minimum Gasteiger partial charge on any atom is -0.345 e. The molecule has 6 nitrogen and oxygen atoms in total. The summed E-state index contributed by atoms with van der Waals surface area (Å²) in [5.74, 6) is 0.0183. The monoisotopic (exact) mass is 488 g/mol. The molecule has 0 aliphatic heterocycles. The van der Waals surface area contributed by atoms with Gasteiger partial charge in [0.2, 0.25) is 5.91 Å². The van der Waals surface area contributed by atoms with Gasteiger partial charge in [-0.15, -0.1) is 10.2 Å². The van der Waals surface area contributed by atoms with Crippen molar-refractivity contribution < 1.29 is 14.0 Å². The second-order valence-corrected chi connectivity index (χ2v) is 9.02. The summed E-state index contributed by atoms with van der Waals surface area (Å²) < 4.78 is 15.4. The van der Waals surface area contributed by atoms with Crippen molar-refractivity contribution in [3.8, 4) is 5.69 Å². The molecular formula is C27H25FN4O2S. The normalized spacial score (nSPS) is 11.7. The Morgan fingerprint density at radius 3 is 2.17 bits per heavy atom. The van der Waals surface area contributed by atoms with E-state index in [1.807, 2.05) is 65.2 Å². The number of hydrogen-bond acceptors (Lipinski definition) is 5. The van der Waals surface area contributed by atoms with Crippen LogP contribution in [0.4, 0.5) is 4.39 Å². The molecule has 8 heteroatoms. The summed E-state index contributed by atoms with van der Waals surface area (Å²) in [6, 6.07) is 24.9. The Morgan fingerprint density at radius 1 is 0.914 bits per heavy atom. The summed E-state index contributed by atoms with van der Waals surface area (Å²) in [6.45, 7) is 1.47. The Bertz CT molecular complexity index is 1280. The number of amides is 1. The van der Waals surface area contributed by atoms with Gasteiger partial charge in [0.15, 0.2) is 10.9 Å². The number of halogens is 1. The molecule has 0 aliphatic rings. The number of nitrogens with one attached hydrogen (secondary N) is 1. The van der Waals surface area contributed by atoms with E-state index >= 15 is 0 Å². The Balaban J connectivity index is 1.49. The molecule has 1 atom stereocenters. The van der Waals surface area contributed by atoms with Crippen molar-refractivity contribution in [2.75, 3.05) is 5.75 Å². The van der Waals surface area contributed by atoms with Gasteiger partial charge in [0.1, 0.15) is 11.6 Å². The van der Waals surface area contributed by atoms with Crippen LogP contribution in [0.3, 0.4) is 0 Å². The third-order valence-electron chi connectivity index (χ3n) is 5.43. The largest absolute Gasteiger partial charge is 0.345 e. The van der Waals surface area contributed by atoms with Crippen LogP contribution >= 0.6 is 11.8 Å². The molecule has 1 aromatic heterocycles. The van der Waals surface area contributed by atoms with E-state index in [9.17, 15) is 14.0 Å². The molecule has 0 saturated carbocycles. The number of rotatable bonds is 10. The Hall–Kier alpha value is -3.78. The zero-order valence-electron chi connectivity index (χ0n) is 19.2. The average molecular weight is 489 g/mol. The molecule has 1 amide bonds. The lowest BCUT2D eigenvalue weighted by Gasteiger charge is -2.16. The molecule has 178 valence electrons. The maximum Gasteiger partial charge on any atom is 0.231 e. The lowest BCUT2D eigenvalue weighted by molar-refractivity contribution is -0.125. The number of Topliss-reactive ketones (excluding diaryl/α,β-unsaturated/α-hetero) is 1. The molecule has 35 heavy (non-hydrogen) atoms. The highest BCUT2D eigenvalue weighted by atomic mass is 32.2. The first-order valence-corrected chi connectivity index (χ1v) is 12.2. The van der Waals surface area contributed by atoms with Crippen LogP contribution in [0.15, 0.2) is 90.1 Å². The zero-order valence-corrected chi connectivity index (χ0v) is 20.0. The third-order valence-corrected chi connectivity index (χ3v) is 6.36. The highest BCUT2D eigenvalue weighted by Crippen LogP contribution is 2.24. The van der Waals surface area contributed by atoms with Crippen molar-refractivity contribution in [2.24, 2.45) is 0 Å². The summed E-state index contributed by atoms with van der Waals surface area (Å²) in [5.41, 5.74) is 2.74. The van der Waals surface area contributed by atoms with E-state index in [-0.39, 0.29) is 23.3 Å². The van der Waals surface area contributed by atoms with Crippen molar-refractivity contribution in [3.05, 3.63) is 108 Å². The molecule has 3 aromatic carbocycles. The molecule has 1 heterocycles. The van der Waals surface area contributed by atoms with Gasteiger partial charge in [-0.2, -0.15) is 0 Å². The van der Waals surface area contributed by atoms with Crippen LogP contribution in [0.2, 0.25) is 0 Å². The first kappa shape index (κ1) is 24.3. The molecule has 0 aliphatic carbocycles. The Labute approximate surface area is 207 Å². The van der Waals surface area contributed by atoms with E-state index in [0.29, 0.717) is 29.5 Å². The molecule has 0 unspecified atom stereocenters. The third kappa shape index (κ3) is 6.64. The predicted octanol–water partition coefficient (Wildman–Crippen LogP) is 4.41. The zero-order chi connectivity index (χ0) is 24.6. The molecule has 0 radical (unpaired) electrons. The van der Waals surface area contributed by atoms with Crippen LogP contribution in [0.5, 0.6) is 0 Å². The molecule has 0 saturated heterocycles. The maximum atomic E-state index is 13.5. The van der Waals surface area contributed by atoms with Gasteiger partial charge >= 0.3 is 0 Å². The fourth-order valence-corrected chi connectivity index (χ4v) is 4.43. The van der Waals surface area contributed by atoms with Gasteiger partial charge in [0.05, 0.1) is 11.8 Å². The van der Waals surface area contributed by atoms with E-state index in [1.165, 1.54) is 30.8 Å². The molecule has 0 bridgehead atoms. The van der Waals surface area contributed by atoms with Crippen LogP contribution in [0.1, 0.15) is 23.9 Å². The number of hydrogen-bond donors (Lipinski definition) is 1. The van der Waals surface area contributed by atoms with Crippen molar-refractivity contribution in [3.63, 3.8) is 0 Å². The van der Waals surface area contributed by atoms with Crippen molar-refractivity contribution in [1.29, 1.82) is 0 Å². The van der Waals surface area contributed by atoms with Gasteiger partial charge in [0.25, 0.3) is 0 Å².